The fraction of sp³-hybridized carbons (Fsp3) is 0.516. The molecule has 4 aliphatic heterocycles. The van der Waals surface area contributed by atoms with Crippen LogP contribution in [-0.2, 0) is 80.1 Å². The van der Waals surface area contributed by atoms with Crippen molar-refractivity contribution in [2.24, 2.45) is 23.7 Å². The highest BCUT2D eigenvalue weighted by molar-refractivity contribution is 7.99. The van der Waals surface area contributed by atoms with E-state index in [-0.39, 0.29) is 43.8 Å². The van der Waals surface area contributed by atoms with E-state index in [2.05, 4.69) is 63.5 Å². The molecule has 502 valence electrons. The lowest BCUT2D eigenvalue weighted by Crippen LogP contribution is -2.61. The fourth-order valence-corrected chi connectivity index (χ4v) is 12.0. The molecule has 14 amide bonds. The number of benzene rings is 2. The first-order chi connectivity index (χ1) is 44.2. The minimum Gasteiger partial charge on any atom is -0.396 e. The van der Waals surface area contributed by atoms with Crippen molar-refractivity contribution in [1.29, 1.82) is 0 Å². The van der Waals surface area contributed by atoms with Crippen molar-refractivity contribution in [2.45, 2.75) is 147 Å². The lowest BCUT2D eigenvalue weighted by Gasteiger charge is -2.33. The number of imide groups is 1. The maximum Gasteiger partial charge on any atom is 0.253 e. The summed E-state index contributed by atoms with van der Waals surface area (Å²) >= 11 is 1.02. The quantitative estimate of drug-likeness (QED) is 0.0579. The van der Waals surface area contributed by atoms with Crippen LogP contribution in [0.3, 0.4) is 0 Å². The zero-order chi connectivity index (χ0) is 68.0. The van der Waals surface area contributed by atoms with E-state index in [1.165, 1.54) is 19.1 Å². The van der Waals surface area contributed by atoms with Gasteiger partial charge in [-0.15, -0.1) is 11.8 Å². The highest BCUT2D eigenvalue weighted by atomic mass is 32.2. The van der Waals surface area contributed by atoms with Crippen LogP contribution in [0.1, 0.15) is 85.3 Å². The number of aromatic nitrogens is 1. The van der Waals surface area contributed by atoms with Gasteiger partial charge < -0.3 is 78.6 Å². The highest BCUT2D eigenvalue weighted by Crippen LogP contribution is 2.32. The van der Waals surface area contributed by atoms with Crippen LogP contribution in [0.25, 0.3) is 10.9 Å². The number of rotatable bonds is 18. The van der Waals surface area contributed by atoms with Crippen LogP contribution >= 0.6 is 11.8 Å². The number of nitrogens with zero attached hydrogens (tertiary/aromatic N) is 2. The van der Waals surface area contributed by atoms with Gasteiger partial charge in [-0.2, -0.15) is 0 Å². The number of aliphatic hydroxyl groups excluding tert-OH is 2. The number of fused-ring (bicyclic) bond motifs is 5. The monoisotopic (exact) mass is 1310 g/mol. The van der Waals surface area contributed by atoms with Crippen molar-refractivity contribution in [3.63, 3.8) is 0 Å². The van der Waals surface area contributed by atoms with Gasteiger partial charge in [-0.25, -0.2) is 0 Å². The second kappa shape index (κ2) is 32.4. The second-order valence-corrected chi connectivity index (χ2v) is 25.1. The summed E-state index contributed by atoms with van der Waals surface area (Å²) < 4.78 is 0. The third-order valence-electron chi connectivity index (χ3n) is 16.9. The fourth-order valence-electron chi connectivity index (χ4n) is 10.9. The molecule has 3 aromatic rings. The summed E-state index contributed by atoms with van der Waals surface area (Å²) in [7, 11) is 0. The topological polar surface area (TPSA) is 434 Å². The van der Waals surface area contributed by atoms with Gasteiger partial charge in [0.25, 0.3) is 11.8 Å². The second-order valence-electron chi connectivity index (χ2n) is 24.1. The number of para-hydroxylation sites is 1. The van der Waals surface area contributed by atoms with Crippen LogP contribution in [0.2, 0.25) is 0 Å². The number of carbonyl (C=O) groups excluding carboxylic acids is 14. The first-order valence-corrected chi connectivity index (χ1v) is 31.8. The molecule has 0 radical (unpaired) electrons. The molecule has 4 aliphatic rings. The number of aliphatic hydroxyl groups is 2. The van der Waals surface area contributed by atoms with Gasteiger partial charge in [0.1, 0.15) is 48.3 Å². The molecule has 2 bridgehead atoms. The van der Waals surface area contributed by atoms with Gasteiger partial charge in [-0.1, -0.05) is 78.3 Å². The zero-order valence-corrected chi connectivity index (χ0v) is 53.5. The van der Waals surface area contributed by atoms with Crippen LogP contribution in [0.4, 0.5) is 5.69 Å². The Morgan fingerprint density at radius 2 is 1.38 bits per heavy atom. The maximum absolute atomic E-state index is 15.1. The average Bonchev–Trinajstić information content (AvgIpc) is 1.70. The summed E-state index contributed by atoms with van der Waals surface area (Å²) in [5.41, 5.74) is 1.80. The number of hydrogen-bond donors (Lipinski definition) is 14. The molecule has 31 heteroatoms. The van der Waals surface area contributed by atoms with E-state index >= 15 is 4.79 Å². The molecule has 12 atom stereocenters. The largest absolute Gasteiger partial charge is 0.396 e. The van der Waals surface area contributed by atoms with Crippen molar-refractivity contribution < 1.29 is 77.3 Å². The lowest BCUT2D eigenvalue weighted by molar-refractivity contribution is -0.144. The van der Waals surface area contributed by atoms with Crippen LogP contribution in [-0.4, -0.2) is 201 Å². The minimum absolute atomic E-state index is 0.169. The van der Waals surface area contributed by atoms with E-state index in [9.17, 15) is 72.5 Å². The number of thioether (sulfide) groups is 1. The van der Waals surface area contributed by atoms with Gasteiger partial charge >= 0.3 is 0 Å². The number of anilines is 1. The highest BCUT2D eigenvalue weighted by Gasteiger charge is 2.45. The molecule has 30 nitrogen and oxygen atoms in total. The Kier molecular flexibility index (Phi) is 24.8. The first kappa shape index (κ1) is 71.2. The van der Waals surface area contributed by atoms with E-state index in [0.717, 1.165) is 33.7 Å². The SMILES string of the molecule is CC[C@H](C)[C@@H]1NC(=O)CNC(=O)C2Cc3c([nH]c4ccccc34)SCC(NC(=O)CNC1=O)C(=O)N[C@@H](CC(=O)NCc1ccc(NC(=O)[C@H](C)NC(=O)C(NC(=O)CCN3C(=O)C=CC3=O)C(C)C)cc1)C(=O)N1C[C@H](O)C[C@H]1C(=O)N[C@@H]([C@@H](C)[C@@H](C)CO)C(=O)N2. The molecule has 14 N–H and O–H groups in total. The van der Waals surface area contributed by atoms with E-state index in [1.807, 2.05) is 0 Å². The van der Waals surface area contributed by atoms with Crippen LogP contribution in [0.15, 0.2) is 65.7 Å². The Balaban J connectivity index is 1.14. The van der Waals surface area contributed by atoms with Gasteiger partial charge in [-0.3, -0.25) is 72.0 Å². The Morgan fingerprint density at radius 1 is 0.710 bits per heavy atom. The summed E-state index contributed by atoms with van der Waals surface area (Å²) in [4.78, 5) is 198. The van der Waals surface area contributed by atoms with Crippen molar-refractivity contribution in [1.82, 2.24) is 68.0 Å². The van der Waals surface area contributed by atoms with E-state index in [4.69, 9.17) is 0 Å². The van der Waals surface area contributed by atoms with Gasteiger partial charge in [0.2, 0.25) is 70.9 Å². The number of amides is 14. The zero-order valence-electron chi connectivity index (χ0n) is 52.7. The molecular formula is C62H82N14O16S. The Labute approximate surface area is 540 Å². The number of H-pyrrole nitrogens is 1. The standard InChI is InChI=1S/C62H82N14O16S/c1-8-31(4)52-58(89)65-25-47(81)68-43-29-93-61-39(38-11-9-10-12-40(38)71-61)22-41(55(86)64-26-48(82)73-52)69-60(91)53(33(6)32(5)28-77)74-57(88)44-21-37(78)27-76(44)62(92)42(70-56(43)87)23-46(80)63-24-35-13-15-36(16-14-35)67-54(85)34(7)66-59(90)51(30(2)3)72-45(79)19-20-75-49(83)17-18-50(75)84/h9-18,30-34,37,41-44,51-53,71,77-78H,8,19-29H2,1-7H3,(H,63,80)(H,64,86)(H,65,89)(H,66,90)(H,67,85)(H,68,81)(H,69,91)(H,70,87)(H,72,79)(H,73,82)(H,74,88)/t31-,32-,33-,34-,37+,41?,42-,43?,44-,51?,52-,53-/m0/s1. The molecule has 0 aliphatic carbocycles. The van der Waals surface area contributed by atoms with Crippen molar-refractivity contribution in [2.75, 3.05) is 43.9 Å². The average molecular weight is 1310 g/mol. The smallest absolute Gasteiger partial charge is 0.253 e. The molecule has 1 saturated heterocycles. The van der Waals surface area contributed by atoms with Gasteiger partial charge in [0.05, 0.1) is 30.6 Å². The number of aromatic amines is 1. The molecule has 0 spiro atoms. The predicted molar refractivity (Wildman–Crippen MR) is 336 cm³/mol. The summed E-state index contributed by atoms with van der Waals surface area (Å²) in [6.07, 6.45) is -0.408. The molecule has 0 saturated carbocycles. The molecule has 3 unspecified atom stereocenters. The van der Waals surface area contributed by atoms with Crippen molar-refractivity contribution >= 4 is 111 Å². The maximum atomic E-state index is 15.1. The molecule has 5 heterocycles. The molecular weight excluding hydrogens is 1230 g/mol. The number of nitrogens with one attached hydrogen (secondary N) is 12. The van der Waals surface area contributed by atoms with Crippen LogP contribution in [0.5, 0.6) is 0 Å². The molecule has 2 aromatic carbocycles. The normalized spacial score (nSPS) is 23.7. The summed E-state index contributed by atoms with van der Waals surface area (Å²) in [5, 5.41) is 51.4. The van der Waals surface area contributed by atoms with E-state index < -0.39 is 193 Å². The number of hydrogen-bond acceptors (Lipinski definition) is 17. The summed E-state index contributed by atoms with van der Waals surface area (Å²) in [5.74, 6) is -13.6. The summed E-state index contributed by atoms with van der Waals surface area (Å²) in [6.45, 7) is 8.82. The molecule has 7 rings (SSSR count). The lowest BCUT2D eigenvalue weighted by atomic mass is 9.88. The number of carbonyl (C=O) groups is 14. The first-order valence-electron chi connectivity index (χ1n) is 30.8. The Hall–Kier alpha value is -9.23. The Bertz CT molecular complexity index is 3380. The Morgan fingerprint density at radius 3 is 2.04 bits per heavy atom. The van der Waals surface area contributed by atoms with E-state index in [0.29, 0.717) is 33.5 Å². The third kappa shape index (κ3) is 18.7. The molecule has 1 fully saturated rings. The molecule has 1 aromatic heterocycles. The third-order valence-corrected chi connectivity index (χ3v) is 18.0. The minimum atomic E-state index is -1.80. The van der Waals surface area contributed by atoms with Gasteiger partial charge in [0.15, 0.2) is 0 Å². The molecule has 93 heavy (non-hydrogen) atoms. The van der Waals surface area contributed by atoms with Gasteiger partial charge in [-0.05, 0) is 59.9 Å². The van der Waals surface area contributed by atoms with Crippen LogP contribution < -0.4 is 58.5 Å². The summed E-state index contributed by atoms with van der Waals surface area (Å²) in [6, 6.07) is 1.87. The van der Waals surface area contributed by atoms with Crippen LogP contribution in [0, 0.1) is 23.7 Å². The van der Waals surface area contributed by atoms with Crippen molar-refractivity contribution in [3.8, 4) is 0 Å². The predicted octanol–water partition coefficient (Wildman–Crippen LogP) is -2.64. The van der Waals surface area contributed by atoms with Gasteiger partial charge in [0, 0.05) is 80.0 Å². The van der Waals surface area contributed by atoms with Crippen molar-refractivity contribution in [3.05, 3.63) is 71.8 Å². The van der Waals surface area contributed by atoms with E-state index in [1.54, 1.807) is 77.9 Å².